The van der Waals surface area contributed by atoms with Crippen LogP contribution in [-0.2, 0) is 10.0 Å². The SMILES string of the molecule is Cl.O=C(NCC1CNCC1O)c1cccc(S(=O)(=O)NC2CCCC2)c1. The molecule has 1 aromatic carbocycles. The molecule has 1 aromatic rings. The van der Waals surface area contributed by atoms with Crippen LogP contribution in [0.2, 0.25) is 0 Å². The van der Waals surface area contributed by atoms with Crippen LogP contribution in [-0.4, -0.2) is 51.2 Å². The van der Waals surface area contributed by atoms with Crippen LogP contribution in [0.15, 0.2) is 29.2 Å². The molecule has 1 saturated carbocycles. The number of aliphatic hydroxyl groups is 1. The van der Waals surface area contributed by atoms with Crippen molar-refractivity contribution in [2.24, 2.45) is 5.92 Å². The Bertz CT molecular complexity index is 722. The Balaban J connectivity index is 0.00000243. The number of sulfonamides is 1. The van der Waals surface area contributed by atoms with E-state index in [-0.39, 0.29) is 35.2 Å². The van der Waals surface area contributed by atoms with Crippen molar-refractivity contribution in [3.05, 3.63) is 29.8 Å². The zero-order chi connectivity index (χ0) is 17.9. The third-order valence-electron chi connectivity index (χ3n) is 4.91. The Hall–Kier alpha value is -1.19. The van der Waals surface area contributed by atoms with Gasteiger partial charge in [0.2, 0.25) is 10.0 Å². The minimum atomic E-state index is -3.62. The van der Waals surface area contributed by atoms with E-state index in [2.05, 4.69) is 15.4 Å². The summed E-state index contributed by atoms with van der Waals surface area (Å²) >= 11 is 0. The van der Waals surface area contributed by atoms with E-state index in [9.17, 15) is 18.3 Å². The molecule has 2 fully saturated rings. The molecule has 2 unspecified atom stereocenters. The Morgan fingerprint density at radius 3 is 2.62 bits per heavy atom. The highest BCUT2D eigenvalue weighted by molar-refractivity contribution is 7.89. The van der Waals surface area contributed by atoms with E-state index >= 15 is 0 Å². The second-order valence-electron chi connectivity index (χ2n) is 6.83. The predicted octanol–water partition coefficient (Wildman–Crippen LogP) is 0.639. The molecule has 0 bridgehead atoms. The maximum atomic E-state index is 12.5. The molecule has 2 atom stereocenters. The van der Waals surface area contributed by atoms with E-state index in [1.807, 2.05) is 0 Å². The van der Waals surface area contributed by atoms with E-state index in [1.54, 1.807) is 12.1 Å². The number of hydrogen-bond donors (Lipinski definition) is 4. The quantitative estimate of drug-likeness (QED) is 0.557. The molecule has 1 saturated heterocycles. The summed E-state index contributed by atoms with van der Waals surface area (Å²) in [6, 6.07) is 6.05. The summed E-state index contributed by atoms with van der Waals surface area (Å²) < 4.78 is 27.7. The number of aliphatic hydroxyl groups excluding tert-OH is 1. The van der Waals surface area contributed by atoms with Crippen molar-refractivity contribution in [3.8, 4) is 0 Å². The maximum absolute atomic E-state index is 12.5. The highest BCUT2D eigenvalue weighted by Crippen LogP contribution is 2.21. The summed E-state index contributed by atoms with van der Waals surface area (Å²) in [6.45, 7) is 1.53. The van der Waals surface area contributed by atoms with Crippen LogP contribution >= 0.6 is 12.4 Å². The minimum absolute atomic E-state index is 0. The van der Waals surface area contributed by atoms with Gasteiger partial charge in [-0.15, -0.1) is 12.4 Å². The zero-order valence-corrected chi connectivity index (χ0v) is 16.1. The van der Waals surface area contributed by atoms with Crippen LogP contribution in [0.1, 0.15) is 36.0 Å². The summed E-state index contributed by atoms with van der Waals surface area (Å²) in [7, 11) is -3.62. The highest BCUT2D eigenvalue weighted by atomic mass is 35.5. The van der Waals surface area contributed by atoms with Gasteiger partial charge in [-0.05, 0) is 31.0 Å². The number of rotatable bonds is 6. The molecule has 0 radical (unpaired) electrons. The monoisotopic (exact) mass is 403 g/mol. The molecule has 1 heterocycles. The van der Waals surface area contributed by atoms with E-state index in [0.29, 0.717) is 25.2 Å². The number of carbonyl (C=O) groups is 1. The topological polar surface area (TPSA) is 108 Å². The van der Waals surface area contributed by atoms with Crippen LogP contribution in [0.3, 0.4) is 0 Å². The number of hydrogen-bond acceptors (Lipinski definition) is 5. The van der Waals surface area contributed by atoms with Gasteiger partial charge in [-0.1, -0.05) is 18.9 Å². The molecule has 146 valence electrons. The van der Waals surface area contributed by atoms with Gasteiger partial charge in [-0.3, -0.25) is 4.79 Å². The first-order valence-electron chi connectivity index (χ1n) is 8.75. The van der Waals surface area contributed by atoms with Crippen molar-refractivity contribution < 1.29 is 18.3 Å². The first-order chi connectivity index (χ1) is 12.0. The van der Waals surface area contributed by atoms with Gasteiger partial charge >= 0.3 is 0 Å². The predicted molar refractivity (Wildman–Crippen MR) is 101 cm³/mol. The van der Waals surface area contributed by atoms with Crippen molar-refractivity contribution in [1.29, 1.82) is 0 Å². The van der Waals surface area contributed by atoms with Crippen molar-refractivity contribution >= 4 is 28.3 Å². The Morgan fingerprint density at radius 2 is 1.96 bits per heavy atom. The first kappa shape index (κ1) is 21.1. The standard InChI is InChI=1S/C17H25N3O4S.ClH/c21-16-11-18-9-13(16)10-19-17(22)12-4-3-7-15(8-12)25(23,24)20-14-5-1-2-6-14;/h3-4,7-8,13-14,16,18,20-21H,1-2,5-6,9-11H2,(H,19,22);1H. The number of amides is 1. The maximum Gasteiger partial charge on any atom is 0.251 e. The smallest absolute Gasteiger partial charge is 0.251 e. The van der Waals surface area contributed by atoms with Gasteiger partial charge in [0.15, 0.2) is 0 Å². The van der Waals surface area contributed by atoms with Crippen molar-refractivity contribution in [2.45, 2.75) is 42.7 Å². The number of β-amino-alcohol motifs (C(OH)–C–C–N with tert-alkyl or cyclic N) is 1. The molecule has 9 heteroatoms. The van der Waals surface area contributed by atoms with Gasteiger partial charge in [-0.25, -0.2) is 13.1 Å². The van der Waals surface area contributed by atoms with Gasteiger partial charge < -0.3 is 15.7 Å². The molecular formula is C17H26ClN3O4S. The lowest BCUT2D eigenvalue weighted by atomic mass is 10.1. The van der Waals surface area contributed by atoms with Crippen LogP contribution < -0.4 is 15.4 Å². The molecule has 1 aliphatic carbocycles. The second kappa shape index (κ2) is 9.14. The number of benzene rings is 1. The molecule has 1 aliphatic heterocycles. The first-order valence-corrected chi connectivity index (χ1v) is 10.2. The molecule has 1 amide bonds. The zero-order valence-electron chi connectivity index (χ0n) is 14.5. The fourth-order valence-corrected chi connectivity index (χ4v) is 4.74. The van der Waals surface area contributed by atoms with Crippen LogP contribution in [0, 0.1) is 5.92 Å². The summed E-state index contributed by atoms with van der Waals surface area (Å²) in [6.07, 6.45) is 3.33. The molecule has 3 rings (SSSR count). The Morgan fingerprint density at radius 1 is 1.23 bits per heavy atom. The van der Waals surface area contributed by atoms with Gasteiger partial charge in [0.25, 0.3) is 5.91 Å². The van der Waals surface area contributed by atoms with Gasteiger partial charge in [-0.2, -0.15) is 0 Å². The third-order valence-corrected chi connectivity index (χ3v) is 6.43. The van der Waals surface area contributed by atoms with E-state index in [1.165, 1.54) is 12.1 Å². The Kier molecular flexibility index (Phi) is 7.42. The largest absolute Gasteiger partial charge is 0.391 e. The lowest BCUT2D eigenvalue weighted by Crippen LogP contribution is -2.35. The fraction of sp³-hybridized carbons (Fsp3) is 0.588. The summed E-state index contributed by atoms with van der Waals surface area (Å²) in [5.74, 6) is -0.364. The summed E-state index contributed by atoms with van der Waals surface area (Å²) in [4.78, 5) is 12.4. The fourth-order valence-electron chi connectivity index (χ4n) is 3.39. The lowest BCUT2D eigenvalue weighted by Gasteiger charge is -2.15. The molecule has 7 nitrogen and oxygen atoms in total. The average molecular weight is 404 g/mol. The number of halogens is 1. The van der Waals surface area contributed by atoms with E-state index < -0.39 is 16.1 Å². The van der Waals surface area contributed by atoms with Gasteiger partial charge in [0.05, 0.1) is 11.0 Å². The number of nitrogens with one attached hydrogen (secondary N) is 3. The van der Waals surface area contributed by atoms with Gasteiger partial charge in [0, 0.05) is 37.2 Å². The lowest BCUT2D eigenvalue weighted by molar-refractivity contribution is 0.0927. The third kappa shape index (κ3) is 5.17. The summed E-state index contributed by atoms with van der Waals surface area (Å²) in [5, 5.41) is 15.6. The van der Waals surface area contributed by atoms with E-state index in [4.69, 9.17) is 0 Å². The molecule has 0 aromatic heterocycles. The number of carbonyl (C=O) groups excluding carboxylic acids is 1. The average Bonchev–Trinajstić information content (AvgIpc) is 3.24. The normalized spacial score (nSPS) is 23.6. The van der Waals surface area contributed by atoms with Crippen LogP contribution in [0.5, 0.6) is 0 Å². The molecule has 2 aliphatic rings. The van der Waals surface area contributed by atoms with Gasteiger partial charge in [0.1, 0.15) is 0 Å². The van der Waals surface area contributed by atoms with Crippen molar-refractivity contribution in [2.75, 3.05) is 19.6 Å². The molecule has 0 spiro atoms. The second-order valence-corrected chi connectivity index (χ2v) is 8.54. The molecule has 26 heavy (non-hydrogen) atoms. The van der Waals surface area contributed by atoms with Crippen LogP contribution in [0.4, 0.5) is 0 Å². The molecular weight excluding hydrogens is 378 g/mol. The van der Waals surface area contributed by atoms with Crippen LogP contribution in [0.25, 0.3) is 0 Å². The summed E-state index contributed by atoms with van der Waals surface area (Å²) in [5.41, 5.74) is 0.301. The minimum Gasteiger partial charge on any atom is -0.391 e. The van der Waals surface area contributed by atoms with Crippen molar-refractivity contribution in [1.82, 2.24) is 15.4 Å². The van der Waals surface area contributed by atoms with E-state index in [0.717, 1.165) is 25.7 Å². The highest BCUT2D eigenvalue weighted by Gasteiger charge is 2.26. The van der Waals surface area contributed by atoms with Crippen molar-refractivity contribution in [3.63, 3.8) is 0 Å². The molecule has 4 N–H and O–H groups in total. The Labute approximate surface area is 160 Å².